The summed E-state index contributed by atoms with van der Waals surface area (Å²) in [6, 6.07) is 0. The summed E-state index contributed by atoms with van der Waals surface area (Å²) in [6.45, 7) is 6.78. The molecule has 0 aromatic carbocycles. The summed E-state index contributed by atoms with van der Waals surface area (Å²) in [5.41, 5.74) is 0. The lowest BCUT2D eigenvalue weighted by Crippen LogP contribution is -2.54. The summed E-state index contributed by atoms with van der Waals surface area (Å²) in [7, 11) is 1.63. The number of carbonyl (C=O) groups is 1. The second kappa shape index (κ2) is 12.2. The number of guanidine groups is 1. The third-order valence-corrected chi connectivity index (χ3v) is 6.01. The van der Waals surface area contributed by atoms with E-state index in [-0.39, 0.29) is 30.9 Å². The van der Waals surface area contributed by atoms with E-state index < -0.39 is 10.0 Å². The lowest BCUT2D eigenvalue weighted by Gasteiger charge is -2.36. The quantitative estimate of drug-likeness (QED) is 0.275. The number of hydrogen-bond donors (Lipinski definition) is 1. The van der Waals surface area contributed by atoms with E-state index >= 15 is 0 Å². The van der Waals surface area contributed by atoms with E-state index in [2.05, 4.69) is 10.3 Å². The molecule has 10 nitrogen and oxygen atoms in total. The zero-order valence-corrected chi connectivity index (χ0v) is 18.5. The monoisotopic (exact) mass is 421 g/mol. The molecule has 164 valence electrons. The Kier molecular flexibility index (Phi) is 10.7. The maximum absolute atomic E-state index is 12.5. The summed E-state index contributed by atoms with van der Waals surface area (Å²) >= 11 is 0. The van der Waals surface area contributed by atoms with E-state index in [9.17, 15) is 13.2 Å². The van der Waals surface area contributed by atoms with Crippen molar-refractivity contribution in [2.45, 2.75) is 20.0 Å². The fraction of sp³-hybridized carbons (Fsp3) is 0.882. The van der Waals surface area contributed by atoms with Crippen LogP contribution in [0.15, 0.2) is 4.99 Å². The van der Waals surface area contributed by atoms with Crippen molar-refractivity contribution < 1.29 is 22.7 Å². The minimum absolute atomic E-state index is 0.00821. The topological polar surface area (TPSA) is 104 Å². The Labute approximate surface area is 168 Å². The predicted molar refractivity (Wildman–Crippen MR) is 109 cm³/mol. The van der Waals surface area contributed by atoms with Crippen LogP contribution in [-0.4, -0.2) is 120 Å². The molecule has 1 amide bonds. The van der Waals surface area contributed by atoms with E-state index in [1.807, 2.05) is 18.7 Å². The van der Waals surface area contributed by atoms with Crippen LogP contribution in [-0.2, 0) is 24.3 Å². The average molecular weight is 422 g/mol. The first-order chi connectivity index (χ1) is 13.2. The van der Waals surface area contributed by atoms with Crippen LogP contribution in [0.3, 0.4) is 0 Å². The third kappa shape index (κ3) is 8.72. The molecule has 0 atom stereocenters. The van der Waals surface area contributed by atoms with Crippen molar-refractivity contribution >= 4 is 21.9 Å². The number of methoxy groups -OCH3 is 1. The highest BCUT2D eigenvalue weighted by molar-refractivity contribution is 7.89. The molecule has 0 aromatic heterocycles. The number of sulfonamides is 1. The molecule has 1 rings (SSSR count). The molecule has 1 N–H and O–H groups in total. The molecule has 0 radical (unpaired) electrons. The Hall–Kier alpha value is -1.43. The zero-order valence-electron chi connectivity index (χ0n) is 17.7. The molecule has 0 saturated carbocycles. The van der Waals surface area contributed by atoms with Gasteiger partial charge in [-0.2, -0.15) is 4.31 Å². The number of piperazine rings is 1. The fourth-order valence-corrected chi connectivity index (χ4v) is 3.80. The predicted octanol–water partition coefficient (Wildman–Crippen LogP) is -0.961. The molecular weight excluding hydrogens is 386 g/mol. The molecule has 0 bridgehead atoms. The van der Waals surface area contributed by atoms with Gasteiger partial charge in [0.15, 0.2) is 5.96 Å². The highest BCUT2D eigenvalue weighted by atomic mass is 32.2. The summed E-state index contributed by atoms with van der Waals surface area (Å²) in [6.07, 6.45) is 0.00821. The zero-order chi connectivity index (χ0) is 21.2. The Balaban J connectivity index is 2.65. The Morgan fingerprint density at radius 3 is 2.36 bits per heavy atom. The van der Waals surface area contributed by atoms with Crippen LogP contribution >= 0.6 is 0 Å². The van der Waals surface area contributed by atoms with E-state index in [4.69, 9.17) is 9.47 Å². The van der Waals surface area contributed by atoms with Crippen molar-refractivity contribution in [1.82, 2.24) is 19.4 Å². The molecule has 11 heteroatoms. The third-order valence-electron chi connectivity index (χ3n) is 4.18. The fourth-order valence-electron chi connectivity index (χ4n) is 2.51. The molecule has 1 aliphatic heterocycles. The van der Waals surface area contributed by atoms with Crippen molar-refractivity contribution in [2.75, 3.05) is 79.4 Å². The van der Waals surface area contributed by atoms with Gasteiger partial charge in [0.2, 0.25) is 15.9 Å². The Bertz CT molecular complexity index is 601. The molecule has 0 aliphatic carbocycles. The van der Waals surface area contributed by atoms with Crippen LogP contribution in [0, 0.1) is 0 Å². The highest BCUT2D eigenvalue weighted by Crippen LogP contribution is 2.09. The van der Waals surface area contributed by atoms with E-state index in [1.165, 1.54) is 9.21 Å². The van der Waals surface area contributed by atoms with Crippen molar-refractivity contribution in [3.8, 4) is 0 Å². The number of hydrogen-bond acceptors (Lipinski definition) is 6. The molecule has 1 heterocycles. The smallest absolute Gasteiger partial charge is 0.243 e. The number of amides is 1. The molecule has 1 aliphatic rings. The first-order valence-electron chi connectivity index (χ1n) is 9.49. The Morgan fingerprint density at radius 2 is 1.82 bits per heavy atom. The van der Waals surface area contributed by atoms with Gasteiger partial charge in [-0.1, -0.05) is 0 Å². The SMILES string of the molecule is COCCNC(=NCC(=O)N(C)C)N1CCN(S(=O)(=O)CCOC(C)C)CC1. The summed E-state index contributed by atoms with van der Waals surface area (Å²) in [5.74, 6) is 0.472. The van der Waals surface area contributed by atoms with Crippen LogP contribution in [0.5, 0.6) is 0 Å². The Morgan fingerprint density at radius 1 is 1.18 bits per heavy atom. The first-order valence-corrected chi connectivity index (χ1v) is 11.1. The minimum Gasteiger partial charge on any atom is -0.383 e. The van der Waals surface area contributed by atoms with Gasteiger partial charge in [-0.05, 0) is 13.8 Å². The molecule has 1 saturated heterocycles. The van der Waals surface area contributed by atoms with Crippen LogP contribution in [0.25, 0.3) is 0 Å². The van der Waals surface area contributed by atoms with Gasteiger partial charge in [-0.25, -0.2) is 13.4 Å². The number of rotatable bonds is 10. The van der Waals surface area contributed by atoms with E-state index in [0.717, 1.165) is 0 Å². The molecular formula is C17H35N5O5S. The normalized spacial score (nSPS) is 16.5. The molecule has 0 spiro atoms. The van der Waals surface area contributed by atoms with Crippen LogP contribution in [0.2, 0.25) is 0 Å². The number of ether oxygens (including phenoxy) is 2. The summed E-state index contributed by atoms with van der Waals surface area (Å²) in [5, 5.41) is 3.18. The standard InChI is InChI=1S/C17H35N5O5S/c1-15(2)27-12-13-28(24,25)22-9-7-21(8-10-22)17(18-6-11-26-5)19-14-16(23)20(3)4/h15H,6-14H2,1-5H3,(H,18,19). The van der Waals surface area contributed by atoms with Gasteiger partial charge in [-0.15, -0.1) is 0 Å². The van der Waals surface area contributed by atoms with Gasteiger partial charge < -0.3 is 24.6 Å². The molecule has 28 heavy (non-hydrogen) atoms. The lowest BCUT2D eigenvalue weighted by molar-refractivity contribution is -0.127. The second-order valence-electron chi connectivity index (χ2n) is 6.97. The molecule has 0 aromatic rings. The first kappa shape index (κ1) is 24.6. The maximum Gasteiger partial charge on any atom is 0.243 e. The van der Waals surface area contributed by atoms with Gasteiger partial charge in [0.05, 0.1) is 25.1 Å². The van der Waals surface area contributed by atoms with Gasteiger partial charge in [-0.3, -0.25) is 4.79 Å². The van der Waals surface area contributed by atoms with Crippen LogP contribution in [0.4, 0.5) is 0 Å². The summed E-state index contributed by atoms with van der Waals surface area (Å²) in [4.78, 5) is 19.7. The lowest BCUT2D eigenvalue weighted by atomic mass is 10.4. The van der Waals surface area contributed by atoms with Crippen molar-refractivity contribution in [3.63, 3.8) is 0 Å². The van der Waals surface area contributed by atoms with Crippen LogP contribution in [0.1, 0.15) is 13.8 Å². The number of aliphatic imine (C=N–C) groups is 1. The number of nitrogens with one attached hydrogen (secondary N) is 1. The van der Waals surface area contributed by atoms with Gasteiger partial charge in [0.1, 0.15) is 6.54 Å². The maximum atomic E-state index is 12.5. The number of nitrogens with zero attached hydrogens (tertiary/aromatic N) is 4. The van der Waals surface area contributed by atoms with Gasteiger partial charge in [0.25, 0.3) is 0 Å². The average Bonchev–Trinajstić information content (AvgIpc) is 2.63. The highest BCUT2D eigenvalue weighted by Gasteiger charge is 2.28. The van der Waals surface area contributed by atoms with E-state index in [1.54, 1.807) is 21.2 Å². The largest absolute Gasteiger partial charge is 0.383 e. The molecule has 0 unspecified atom stereocenters. The van der Waals surface area contributed by atoms with E-state index in [0.29, 0.717) is 45.3 Å². The second-order valence-corrected chi connectivity index (χ2v) is 9.06. The number of carbonyl (C=O) groups excluding carboxylic acids is 1. The van der Waals surface area contributed by atoms with Crippen molar-refractivity contribution in [3.05, 3.63) is 0 Å². The van der Waals surface area contributed by atoms with Gasteiger partial charge in [0, 0.05) is 53.9 Å². The van der Waals surface area contributed by atoms with Crippen molar-refractivity contribution in [1.29, 1.82) is 0 Å². The van der Waals surface area contributed by atoms with Crippen molar-refractivity contribution in [2.24, 2.45) is 4.99 Å². The summed E-state index contributed by atoms with van der Waals surface area (Å²) < 4.78 is 36.8. The number of likely N-dealkylation sites (N-methyl/N-ethyl adjacent to an activating group) is 1. The molecule has 1 fully saturated rings. The van der Waals surface area contributed by atoms with Crippen LogP contribution < -0.4 is 5.32 Å². The minimum atomic E-state index is -3.35. The van der Waals surface area contributed by atoms with Gasteiger partial charge >= 0.3 is 0 Å².